The van der Waals surface area contributed by atoms with Gasteiger partial charge in [-0.25, -0.2) is 0 Å². The number of hydrogen-bond donors (Lipinski definition) is 1. The van der Waals surface area contributed by atoms with Gasteiger partial charge in [0, 0.05) is 12.6 Å². The van der Waals surface area contributed by atoms with Crippen molar-refractivity contribution in [1.29, 1.82) is 0 Å². The summed E-state index contributed by atoms with van der Waals surface area (Å²) in [6.07, 6.45) is 2.87. The molecule has 1 aliphatic heterocycles. The third-order valence-corrected chi connectivity index (χ3v) is 5.11. The van der Waals surface area contributed by atoms with Crippen LogP contribution in [0.5, 0.6) is 11.5 Å². The van der Waals surface area contributed by atoms with E-state index in [-0.39, 0.29) is 24.3 Å². The average molecular weight is 415 g/mol. The van der Waals surface area contributed by atoms with Gasteiger partial charge in [0.25, 0.3) is 0 Å². The van der Waals surface area contributed by atoms with Crippen molar-refractivity contribution >= 4 is 23.2 Å². The Morgan fingerprint density at radius 1 is 1.24 bits per heavy atom. The Morgan fingerprint density at radius 3 is 2.90 bits per heavy atom. The highest BCUT2D eigenvalue weighted by Gasteiger charge is 2.24. The van der Waals surface area contributed by atoms with Gasteiger partial charge in [-0.3, -0.25) is 9.20 Å². The highest BCUT2D eigenvalue weighted by Crippen LogP contribution is 2.38. The van der Waals surface area contributed by atoms with E-state index in [4.69, 9.17) is 21.1 Å². The molecule has 152 valence electrons. The predicted molar refractivity (Wildman–Crippen MR) is 109 cm³/mol. The molecule has 3 heterocycles. The summed E-state index contributed by atoms with van der Waals surface area (Å²) in [5.74, 6) is 1.85. The van der Waals surface area contributed by atoms with Crippen molar-refractivity contribution in [3.63, 3.8) is 0 Å². The van der Waals surface area contributed by atoms with E-state index >= 15 is 0 Å². The zero-order chi connectivity index (χ0) is 20.4. The van der Waals surface area contributed by atoms with Crippen LogP contribution >= 0.6 is 11.6 Å². The second-order valence-electron chi connectivity index (χ2n) is 7.41. The first kappa shape index (κ1) is 19.5. The van der Waals surface area contributed by atoms with Gasteiger partial charge in [0.2, 0.25) is 5.91 Å². The molecule has 4 rings (SSSR count). The first-order valence-electron chi connectivity index (χ1n) is 9.70. The molecule has 0 spiro atoms. The van der Waals surface area contributed by atoms with E-state index in [9.17, 15) is 4.79 Å². The van der Waals surface area contributed by atoms with Crippen molar-refractivity contribution in [3.8, 4) is 11.5 Å². The van der Waals surface area contributed by atoms with Gasteiger partial charge in [-0.1, -0.05) is 31.5 Å². The van der Waals surface area contributed by atoms with Gasteiger partial charge in [-0.15, -0.1) is 10.2 Å². The summed E-state index contributed by atoms with van der Waals surface area (Å²) in [6, 6.07) is 9.02. The molecule has 0 radical (unpaired) electrons. The summed E-state index contributed by atoms with van der Waals surface area (Å²) in [7, 11) is 0. The largest absolute Gasteiger partial charge is 0.489 e. The van der Waals surface area contributed by atoms with Gasteiger partial charge in [0.1, 0.15) is 0 Å². The predicted octanol–water partition coefficient (Wildman–Crippen LogP) is 3.60. The number of nitrogens with zero attached hydrogens (tertiary/aromatic N) is 3. The quantitative estimate of drug-likeness (QED) is 0.690. The molecule has 2 aromatic heterocycles. The zero-order valence-corrected chi connectivity index (χ0v) is 17.1. The number of pyridine rings is 1. The fourth-order valence-corrected chi connectivity index (χ4v) is 3.69. The van der Waals surface area contributed by atoms with E-state index in [1.165, 1.54) is 0 Å². The molecular weight excluding hydrogens is 392 g/mol. The Morgan fingerprint density at radius 2 is 2.07 bits per heavy atom. The topological polar surface area (TPSA) is 77.8 Å². The van der Waals surface area contributed by atoms with Gasteiger partial charge in [0.15, 0.2) is 23.0 Å². The van der Waals surface area contributed by atoms with Crippen LogP contribution in [0.4, 0.5) is 0 Å². The highest BCUT2D eigenvalue weighted by molar-refractivity contribution is 6.32. The maximum absolute atomic E-state index is 12.8. The van der Waals surface area contributed by atoms with E-state index in [1.54, 1.807) is 6.07 Å². The molecule has 0 saturated carbocycles. The summed E-state index contributed by atoms with van der Waals surface area (Å²) in [4.78, 5) is 12.8. The Bertz CT molecular complexity index is 1030. The second-order valence-corrected chi connectivity index (χ2v) is 7.82. The molecular formula is C21H23ClN4O3. The Kier molecular flexibility index (Phi) is 5.58. The molecule has 1 unspecified atom stereocenters. The summed E-state index contributed by atoms with van der Waals surface area (Å²) >= 11 is 6.35. The minimum Gasteiger partial charge on any atom is -0.489 e. The zero-order valence-electron chi connectivity index (χ0n) is 16.4. The van der Waals surface area contributed by atoms with Crippen molar-refractivity contribution in [2.45, 2.75) is 32.7 Å². The molecule has 0 aliphatic carbocycles. The van der Waals surface area contributed by atoms with Crippen molar-refractivity contribution in [1.82, 2.24) is 19.9 Å². The fourth-order valence-electron chi connectivity index (χ4n) is 3.40. The molecule has 1 aliphatic rings. The number of benzene rings is 1. The molecule has 1 N–H and O–H groups in total. The van der Waals surface area contributed by atoms with Gasteiger partial charge >= 0.3 is 0 Å². The number of hydrogen-bond acceptors (Lipinski definition) is 5. The van der Waals surface area contributed by atoms with Gasteiger partial charge in [0.05, 0.1) is 30.7 Å². The fraction of sp³-hybridized carbons (Fsp3) is 0.381. The number of ether oxygens (including phenoxy) is 2. The van der Waals surface area contributed by atoms with Gasteiger partial charge < -0.3 is 14.8 Å². The molecule has 0 saturated heterocycles. The molecule has 0 bridgehead atoms. The van der Waals surface area contributed by atoms with E-state index in [0.717, 1.165) is 17.6 Å². The normalized spacial score (nSPS) is 14.6. The first-order valence-corrected chi connectivity index (χ1v) is 10.1. The van der Waals surface area contributed by atoms with Crippen molar-refractivity contribution in [3.05, 3.63) is 52.9 Å². The maximum atomic E-state index is 12.8. The third kappa shape index (κ3) is 4.15. The maximum Gasteiger partial charge on any atom is 0.225 e. The monoisotopic (exact) mass is 414 g/mol. The van der Waals surface area contributed by atoms with Gasteiger partial charge in [-0.2, -0.15) is 0 Å². The van der Waals surface area contributed by atoms with Crippen molar-refractivity contribution in [2.24, 2.45) is 5.92 Å². The van der Waals surface area contributed by atoms with Crippen LogP contribution in [-0.2, 0) is 11.2 Å². The van der Waals surface area contributed by atoms with Crippen LogP contribution in [0.3, 0.4) is 0 Å². The van der Waals surface area contributed by atoms with Crippen LogP contribution in [-0.4, -0.2) is 33.7 Å². The SMILES string of the molecule is CC(C)C(NC(=O)Cc1cc(Cl)c2c(c1)OCCCO2)c1nnc2ccccn12. The van der Waals surface area contributed by atoms with E-state index in [0.29, 0.717) is 35.6 Å². The molecule has 3 aromatic rings. The average Bonchev–Trinajstić information content (AvgIpc) is 2.96. The first-order chi connectivity index (χ1) is 14.0. The van der Waals surface area contributed by atoms with E-state index in [1.807, 2.05) is 48.7 Å². The highest BCUT2D eigenvalue weighted by atomic mass is 35.5. The van der Waals surface area contributed by atoms with Crippen molar-refractivity contribution in [2.75, 3.05) is 13.2 Å². The number of carbonyl (C=O) groups excluding carboxylic acids is 1. The van der Waals surface area contributed by atoms with Crippen LogP contribution in [0.15, 0.2) is 36.5 Å². The number of halogens is 1. The third-order valence-electron chi connectivity index (χ3n) is 4.83. The van der Waals surface area contributed by atoms with Crippen molar-refractivity contribution < 1.29 is 14.3 Å². The number of rotatable bonds is 5. The van der Waals surface area contributed by atoms with Gasteiger partial charge in [-0.05, 0) is 35.7 Å². The lowest BCUT2D eigenvalue weighted by Gasteiger charge is -2.21. The Balaban J connectivity index is 1.53. The van der Waals surface area contributed by atoms with Crippen LogP contribution in [0.2, 0.25) is 5.02 Å². The number of fused-ring (bicyclic) bond motifs is 2. The van der Waals surface area contributed by atoms with Crippen LogP contribution < -0.4 is 14.8 Å². The summed E-state index contributed by atoms with van der Waals surface area (Å²) in [5.41, 5.74) is 1.52. The van der Waals surface area contributed by atoms with Crippen LogP contribution in [0, 0.1) is 5.92 Å². The number of aromatic nitrogens is 3. The minimum absolute atomic E-state index is 0.123. The lowest BCUT2D eigenvalue weighted by Crippen LogP contribution is -2.34. The van der Waals surface area contributed by atoms with Crippen LogP contribution in [0.1, 0.15) is 37.7 Å². The van der Waals surface area contributed by atoms with E-state index < -0.39 is 0 Å². The number of carbonyl (C=O) groups is 1. The molecule has 1 atom stereocenters. The molecule has 8 heteroatoms. The smallest absolute Gasteiger partial charge is 0.225 e. The molecule has 29 heavy (non-hydrogen) atoms. The lowest BCUT2D eigenvalue weighted by molar-refractivity contribution is -0.121. The minimum atomic E-state index is -0.268. The number of amides is 1. The van der Waals surface area contributed by atoms with Crippen LogP contribution in [0.25, 0.3) is 5.65 Å². The summed E-state index contributed by atoms with van der Waals surface area (Å²) in [6.45, 7) is 5.21. The molecule has 1 amide bonds. The lowest BCUT2D eigenvalue weighted by atomic mass is 10.0. The Hall–Kier alpha value is -2.80. The summed E-state index contributed by atoms with van der Waals surface area (Å²) in [5, 5.41) is 12.0. The number of nitrogens with one attached hydrogen (secondary N) is 1. The molecule has 0 fully saturated rings. The standard InChI is InChI=1S/C21H23ClN4O3/c1-13(2)19(21-25-24-17-6-3-4-7-26(17)21)23-18(27)12-14-10-15(22)20-16(11-14)28-8-5-9-29-20/h3-4,6-7,10-11,13,19H,5,8-9,12H2,1-2H3,(H,23,27). The Labute approximate surface area is 174 Å². The second kappa shape index (κ2) is 8.29. The van der Waals surface area contributed by atoms with E-state index in [2.05, 4.69) is 15.5 Å². The summed E-state index contributed by atoms with van der Waals surface area (Å²) < 4.78 is 13.3. The molecule has 7 nitrogen and oxygen atoms in total. The molecule has 1 aromatic carbocycles.